The van der Waals surface area contributed by atoms with Crippen molar-refractivity contribution in [1.82, 2.24) is 4.98 Å². The van der Waals surface area contributed by atoms with Crippen LogP contribution in [0, 0.1) is 5.92 Å². The molecule has 5 rings (SSSR count). The van der Waals surface area contributed by atoms with Crippen LogP contribution in [-0.4, -0.2) is 16.7 Å². The summed E-state index contributed by atoms with van der Waals surface area (Å²) in [6.45, 7) is 5.42. The number of benzene rings is 3. The zero-order valence-corrected chi connectivity index (χ0v) is 28.0. The summed E-state index contributed by atoms with van der Waals surface area (Å²) in [5, 5.41) is 2.16. The Morgan fingerprint density at radius 2 is 1.85 bits per heavy atom. The number of carbonyl (C=O) groups excluding carboxylic acids is 1. The fraction of sp³-hybridized carbons (Fsp3) is 0.314. The van der Waals surface area contributed by atoms with Gasteiger partial charge in [-0.3, -0.25) is 4.79 Å². The number of carbonyl (C=O) groups is 1. The smallest absolute Gasteiger partial charge is 1.00 e. The van der Waals surface area contributed by atoms with Crippen molar-refractivity contribution >= 4 is 52.4 Å². The molecule has 0 radical (unpaired) electrons. The Hall–Kier alpha value is -2.08. The Morgan fingerprint density at radius 1 is 1.07 bits per heavy atom. The number of hydrogen-bond donors (Lipinski definition) is 0. The molecule has 3 aromatic carbocycles. The molecule has 1 atom stereocenters. The predicted octanol–water partition coefficient (Wildman–Crippen LogP) is 6.79. The Bertz CT molecular complexity index is 1540. The van der Waals surface area contributed by atoms with Crippen molar-refractivity contribution < 1.29 is 40.5 Å². The van der Waals surface area contributed by atoms with Gasteiger partial charge in [0, 0.05) is 22.6 Å². The number of nitrogens with zero attached hydrogens (tertiary/aromatic N) is 1. The van der Waals surface area contributed by atoms with Crippen LogP contribution in [-0.2, 0) is 21.6 Å². The van der Waals surface area contributed by atoms with Gasteiger partial charge in [0.1, 0.15) is 5.60 Å². The molecule has 208 valence electrons. The van der Waals surface area contributed by atoms with Gasteiger partial charge in [0.25, 0.3) is 0 Å². The van der Waals surface area contributed by atoms with Crippen molar-refractivity contribution in [2.45, 2.75) is 57.3 Å². The van der Waals surface area contributed by atoms with Gasteiger partial charge in [0.05, 0.1) is 11.2 Å². The summed E-state index contributed by atoms with van der Waals surface area (Å²) in [4.78, 5) is 16.5. The molecule has 1 unspecified atom stereocenters. The molecule has 0 bridgehead atoms. The first kappa shape index (κ1) is 31.8. The van der Waals surface area contributed by atoms with Crippen LogP contribution < -0.4 is 29.6 Å². The summed E-state index contributed by atoms with van der Waals surface area (Å²) in [6, 6.07) is 27.2. The second kappa shape index (κ2) is 14.4. The molecular formula is C35H37ClNNaO2S. The van der Waals surface area contributed by atoms with Crippen LogP contribution in [0.1, 0.15) is 74.7 Å². The zero-order chi connectivity index (χ0) is 28.1. The van der Waals surface area contributed by atoms with Crippen molar-refractivity contribution in [3.63, 3.8) is 0 Å². The number of ether oxygens (including phenoxy) is 1. The summed E-state index contributed by atoms with van der Waals surface area (Å²) in [5.41, 5.74) is 5.98. The number of hydrogen-bond acceptors (Lipinski definition) is 4. The molecule has 1 aliphatic rings. The predicted molar refractivity (Wildman–Crippen MR) is 171 cm³/mol. The van der Waals surface area contributed by atoms with Crippen molar-refractivity contribution in [2.75, 3.05) is 5.75 Å². The number of thioether (sulfide) groups is 1. The fourth-order valence-electron chi connectivity index (χ4n) is 5.15. The van der Waals surface area contributed by atoms with E-state index in [1.165, 1.54) is 42.2 Å². The molecule has 1 fully saturated rings. The zero-order valence-electron chi connectivity index (χ0n) is 25.4. The fourth-order valence-corrected chi connectivity index (χ4v) is 6.78. The molecule has 6 heteroatoms. The molecule has 1 aromatic heterocycles. The largest absolute Gasteiger partial charge is 1.00 e. The first-order valence-corrected chi connectivity index (χ1v) is 15.4. The van der Waals surface area contributed by atoms with Gasteiger partial charge in [0.15, 0.2) is 0 Å². The van der Waals surface area contributed by atoms with Gasteiger partial charge in [-0.25, -0.2) is 4.98 Å². The first-order chi connectivity index (χ1) is 19.3. The average molecular weight is 594 g/mol. The van der Waals surface area contributed by atoms with Crippen molar-refractivity contribution in [2.24, 2.45) is 5.92 Å². The van der Waals surface area contributed by atoms with Gasteiger partial charge in [-0.2, -0.15) is 11.8 Å². The van der Waals surface area contributed by atoms with Gasteiger partial charge in [-0.15, -0.1) is 0 Å². The maximum absolute atomic E-state index is 11.8. The van der Waals surface area contributed by atoms with E-state index < -0.39 is 5.60 Å². The molecule has 41 heavy (non-hydrogen) atoms. The van der Waals surface area contributed by atoms with Crippen LogP contribution in [0.15, 0.2) is 78.9 Å². The Balaban J connectivity index is 0.00000242. The number of aromatic nitrogens is 1. The number of pyridine rings is 1. The minimum Gasteiger partial charge on any atom is -1.00 e. The van der Waals surface area contributed by atoms with Crippen molar-refractivity contribution in [1.29, 1.82) is 0 Å². The molecule has 4 aromatic rings. The van der Waals surface area contributed by atoms with Crippen LogP contribution in [0.2, 0.25) is 5.02 Å². The molecule has 1 aliphatic carbocycles. The summed E-state index contributed by atoms with van der Waals surface area (Å²) in [7, 11) is 0. The third-order valence-electron chi connectivity index (χ3n) is 7.38. The number of aryl methyl sites for hydroxylation is 1. The summed E-state index contributed by atoms with van der Waals surface area (Å²) in [6.07, 6.45) is 8.86. The molecule has 0 spiro atoms. The SMILES string of the molecule is CC(=O)OC(C)(C)c1ccccc1CCC(SCC1CC1)c1cccc(/C=C/c2ccc3ccc(Cl)cc3n2)c1.[H-].[Na+]. The van der Waals surface area contributed by atoms with Gasteiger partial charge < -0.3 is 6.16 Å². The monoisotopic (exact) mass is 593 g/mol. The van der Waals surface area contributed by atoms with E-state index in [1.807, 2.05) is 44.2 Å². The van der Waals surface area contributed by atoms with E-state index in [2.05, 4.69) is 72.4 Å². The topological polar surface area (TPSA) is 39.2 Å². The first-order valence-electron chi connectivity index (χ1n) is 14.0. The number of esters is 1. The van der Waals surface area contributed by atoms with E-state index in [4.69, 9.17) is 21.3 Å². The quantitative estimate of drug-likeness (QED) is 0.142. The maximum Gasteiger partial charge on any atom is 1.00 e. The molecule has 0 saturated heterocycles. The van der Waals surface area contributed by atoms with Crippen LogP contribution >= 0.6 is 23.4 Å². The van der Waals surface area contributed by atoms with Crippen LogP contribution in [0.4, 0.5) is 0 Å². The molecule has 0 aliphatic heterocycles. The molecule has 0 amide bonds. The molecular weight excluding hydrogens is 557 g/mol. The van der Waals surface area contributed by atoms with Gasteiger partial charge in [-0.1, -0.05) is 78.3 Å². The average Bonchev–Trinajstić information content (AvgIpc) is 3.76. The third-order valence-corrected chi connectivity index (χ3v) is 9.18. The molecule has 1 saturated carbocycles. The van der Waals surface area contributed by atoms with Crippen LogP contribution in [0.25, 0.3) is 23.1 Å². The van der Waals surface area contributed by atoms with Gasteiger partial charge in [-0.05, 0) is 97.7 Å². The van der Waals surface area contributed by atoms with Gasteiger partial charge in [0.2, 0.25) is 0 Å². The van der Waals surface area contributed by atoms with E-state index in [9.17, 15) is 4.79 Å². The number of rotatable bonds is 11. The summed E-state index contributed by atoms with van der Waals surface area (Å²) in [5.74, 6) is 1.80. The standard InChI is InChI=1S/C35H36ClNO2S.Na.H/c1-24(38)39-35(2,3)32-10-5-4-8-27(32)16-20-34(40-23-26-11-12-26)29-9-6-7-25(21-29)13-18-31-19-15-28-14-17-30(36)22-33(28)37-31;;/h4-10,13-15,17-19,21-22,26,34H,11-12,16,20,23H2,1-3H3;;/q;+1;-1/b18-13+;;. The second-order valence-corrected chi connectivity index (χ2v) is 12.8. The summed E-state index contributed by atoms with van der Waals surface area (Å²) >= 11 is 8.26. The summed E-state index contributed by atoms with van der Waals surface area (Å²) < 4.78 is 5.69. The van der Waals surface area contributed by atoms with Crippen LogP contribution in [0.5, 0.6) is 0 Å². The van der Waals surface area contributed by atoms with E-state index >= 15 is 0 Å². The van der Waals surface area contributed by atoms with Crippen molar-refractivity contribution in [3.8, 4) is 0 Å². The van der Waals surface area contributed by atoms with Crippen LogP contribution in [0.3, 0.4) is 0 Å². The van der Waals surface area contributed by atoms with E-state index in [1.54, 1.807) is 0 Å². The Labute approximate surface area is 276 Å². The minimum atomic E-state index is -0.661. The van der Waals surface area contributed by atoms with E-state index in [-0.39, 0.29) is 37.0 Å². The molecule has 1 heterocycles. The second-order valence-electron chi connectivity index (χ2n) is 11.1. The minimum absolute atomic E-state index is 0. The van der Waals surface area contributed by atoms with E-state index in [0.29, 0.717) is 10.3 Å². The normalized spacial score (nSPS) is 14.1. The Kier molecular flexibility index (Phi) is 11.2. The van der Waals surface area contributed by atoms with Crippen molar-refractivity contribution in [3.05, 3.63) is 112 Å². The van der Waals surface area contributed by atoms with E-state index in [0.717, 1.165) is 40.9 Å². The Morgan fingerprint density at radius 3 is 2.63 bits per heavy atom. The van der Waals surface area contributed by atoms with Gasteiger partial charge >= 0.3 is 35.5 Å². The number of halogens is 1. The maximum atomic E-state index is 11.8. The molecule has 3 nitrogen and oxygen atoms in total. The third kappa shape index (κ3) is 8.95. The number of fused-ring (bicyclic) bond motifs is 1. The molecule has 0 N–H and O–H groups in total.